The lowest BCUT2D eigenvalue weighted by atomic mass is 9.88. The zero-order chi connectivity index (χ0) is 8.39. The van der Waals surface area contributed by atoms with Crippen LogP contribution in [0, 0.1) is 5.92 Å². The summed E-state index contributed by atoms with van der Waals surface area (Å²) in [7, 11) is 0. The maximum absolute atomic E-state index is 10.9. The number of hydrogen-bond donors (Lipinski definition) is 1. The van der Waals surface area contributed by atoms with Crippen molar-refractivity contribution in [3.8, 4) is 0 Å². The van der Waals surface area contributed by atoms with E-state index in [2.05, 4.69) is 5.32 Å². The van der Waals surface area contributed by atoms with E-state index in [9.17, 15) is 4.79 Å². The molecule has 12 heavy (non-hydrogen) atoms. The molecule has 0 heterocycles. The van der Waals surface area contributed by atoms with Gasteiger partial charge >= 0.3 is 0 Å². The van der Waals surface area contributed by atoms with Crippen molar-refractivity contribution in [3.63, 3.8) is 0 Å². The fraction of sp³-hybridized carbons (Fsp3) is 0.900. The van der Waals surface area contributed by atoms with Gasteiger partial charge in [0.1, 0.15) is 5.78 Å². The van der Waals surface area contributed by atoms with Gasteiger partial charge in [-0.05, 0) is 38.1 Å². The molecule has 1 N–H and O–H groups in total. The Bertz CT molecular complexity index is 165. The topological polar surface area (TPSA) is 29.1 Å². The van der Waals surface area contributed by atoms with Gasteiger partial charge in [-0.1, -0.05) is 0 Å². The summed E-state index contributed by atoms with van der Waals surface area (Å²) >= 11 is 0. The van der Waals surface area contributed by atoms with E-state index in [1.807, 2.05) is 0 Å². The fourth-order valence-corrected chi connectivity index (χ4v) is 1.82. The minimum atomic E-state index is 0.470. The predicted molar refractivity (Wildman–Crippen MR) is 48.0 cm³/mol. The first kappa shape index (κ1) is 8.24. The molecule has 0 spiro atoms. The highest BCUT2D eigenvalue weighted by atomic mass is 16.1. The molecule has 0 aliphatic heterocycles. The van der Waals surface area contributed by atoms with Crippen LogP contribution < -0.4 is 5.32 Å². The van der Waals surface area contributed by atoms with Gasteiger partial charge in [0.15, 0.2) is 0 Å². The maximum atomic E-state index is 10.9. The van der Waals surface area contributed by atoms with Gasteiger partial charge in [0.25, 0.3) is 0 Å². The zero-order valence-corrected chi connectivity index (χ0v) is 7.51. The van der Waals surface area contributed by atoms with Crippen molar-refractivity contribution in [2.75, 3.05) is 6.54 Å². The number of nitrogens with one attached hydrogen (secondary N) is 1. The molecule has 0 aromatic carbocycles. The molecular weight excluding hydrogens is 150 g/mol. The summed E-state index contributed by atoms with van der Waals surface area (Å²) in [6.07, 6.45) is 6.64. The van der Waals surface area contributed by atoms with Crippen molar-refractivity contribution in [2.45, 2.75) is 44.6 Å². The molecule has 2 fully saturated rings. The number of hydrogen-bond acceptors (Lipinski definition) is 2. The highest BCUT2D eigenvalue weighted by Gasteiger charge is 2.23. The lowest BCUT2D eigenvalue weighted by molar-refractivity contribution is -0.120. The number of ketones is 1. The number of Topliss-reactive ketones (excluding diaryl/α,β-unsaturated/α-hetero) is 1. The molecule has 68 valence electrons. The highest BCUT2D eigenvalue weighted by molar-refractivity contribution is 5.79. The lowest BCUT2D eigenvalue weighted by Gasteiger charge is -2.20. The molecule has 0 saturated heterocycles. The van der Waals surface area contributed by atoms with Gasteiger partial charge in [0, 0.05) is 18.9 Å². The SMILES string of the molecule is O=C1CCC(CNC2CC2)CC1. The zero-order valence-electron chi connectivity index (χ0n) is 7.51. The Kier molecular flexibility index (Phi) is 2.45. The van der Waals surface area contributed by atoms with Gasteiger partial charge in [-0.3, -0.25) is 4.79 Å². The average molecular weight is 167 g/mol. The van der Waals surface area contributed by atoms with Crippen LogP contribution in [0.3, 0.4) is 0 Å². The quantitative estimate of drug-likeness (QED) is 0.690. The summed E-state index contributed by atoms with van der Waals surface area (Å²) in [5.74, 6) is 1.25. The molecule has 2 heteroatoms. The Morgan fingerprint density at radius 1 is 1.17 bits per heavy atom. The number of carbonyl (C=O) groups excluding carboxylic acids is 1. The van der Waals surface area contributed by atoms with Crippen LogP contribution >= 0.6 is 0 Å². The Labute approximate surface area is 73.7 Å². The second kappa shape index (κ2) is 3.56. The van der Waals surface area contributed by atoms with Crippen LogP contribution in [0.5, 0.6) is 0 Å². The molecule has 2 rings (SSSR count). The Hall–Kier alpha value is -0.370. The van der Waals surface area contributed by atoms with E-state index < -0.39 is 0 Å². The molecule has 0 bridgehead atoms. The normalized spacial score (nSPS) is 26.2. The highest BCUT2D eigenvalue weighted by Crippen LogP contribution is 2.23. The molecular formula is C10H17NO. The third-order valence-electron chi connectivity index (χ3n) is 2.94. The summed E-state index contributed by atoms with van der Waals surface area (Å²) in [4.78, 5) is 10.9. The molecule has 2 aliphatic rings. The van der Waals surface area contributed by atoms with Gasteiger partial charge < -0.3 is 5.32 Å². The molecule has 2 aliphatic carbocycles. The van der Waals surface area contributed by atoms with Gasteiger partial charge in [-0.25, -0.2) is 0 Å². The van der Waals surface area contributed by atoms with Gasteiger partial charge in [-0.15, -0.1) is 0 Å². The monoisotopic (exact) mass is 167 g/mol. The van der Waals surface area contributed by atoms with Crippen LogP contribution in [-0.4, -0.2) is 18.4 Å². The fourth-order valence-electron chi connectivity index (χ4n) is 1.82. The van der Waals surface area contributed by atoms with E-state index in [-0.39, 0.29) is 0 Å². The van der Waals surface area contributed by atoms with Crippen LogP contribution in [-0.2, 0) is 4.79 Å². The molecule has 0 aromatic heterocycles. The van der Waals surface area contributed by atoms with E-state index in [0.29, 0.717) is 5.78 Å². The summed E-state index contributed by atoms with van der Waals surface area (Å²) in [6, 6.07) is 0.822. The van der Waals surface area contributed by atoms with Crippen LogP contribution in [0.25, 0.3) is 0 Å². The van der Waals surface area contributed by atoms with Crippen molar-refractivity contribution in [2.24, 2.45) is 5.92 Å². The van der Waals surface area contributed by atoms with Crippen molar-refractivity contribution in [1.82, 2.24) is 5.32 Å². The molecule has 0 amide bonds. The van der Waals surface area contributed by atoms with Gasteiger partial charge in [0.2, 0.25) is 0 Å². The van der Waals surface area contributed by atoms with E-state index in [0.717, 1.165) is 44.2 Å². The molecule has 0 radical (unpaired) electrons. The Morgan fingerprint density at radius 3 is 2.42 bits per heavy atom. The number of carbonyl (C=O) groups is 1. The summed E-state index contributed by atoms with van der Waals surface area (Å²) < 4.78 is 0. The molecule has 2 nitrogen and oxygen atoms in total. The van der Waals surface area contributed by atoms with Crippen LogP contribution in [0.4, 0.5) is 0 Å². The Balaban J connectivity index is 1.63. The largest absolute Gasteiger partial charge is 0.314 e. The second-order valence-electron chi connectivity index (χ2n) is 4.16. The van der Waals surface area contributed by atoms with E-state index in [4.69, 9.17) is 0 Å². The summed E-state index contributed by atoms with van der Waals surface area (Å²) in [5.41, 5.74) is 0. The summed E-state index contributed by atoms with van der Waals surface area (Å²) in [6.45, 7) is 1.15. The second-order valence-corrected chi connectivity index (χ2v) is 4.16. The smallest absolute Gasteiger partial charge is 0.132 e. The van der Waals surface area contributed by atoms with E-state index in [1.165, 1.54) is 12.8 Å². The Morgan fingerprint density at radius 2 is 1.83 bits per heavy atom. The summed E-state index contributed by atoms with van der Waals surface area (Å²) in [5, 5.41) is 3.53. The molecule has 0 atom stereocenters. The predicted octanol–water partition coefficient (Wildman–Crippen LogP) is 1.50. The van der Waals surface area contributed by atoms with Crippen LogP contribution in [0.2, 0.25) is 0 Å². The third-order valence-corrected chi connectivity index (χ3v) is 2.94. The van der Waals surface area contributed by atoms with Crippen molar-refractivity contribution in [1.29, 1.82) is 0 Å². The van der Waals surface area contributed by atoms with Crippen LogP contribution in [0.15, 0.2) is 0 Å². The van der Waals surface area contributed by atoms with Gasteiger partial charge in [-0.2, -0.15) is 0 Å². The third kappa shape index (κ3) is 2.31. The lowest BCUT2D eigenvalue weighted by Crippen LogP contribution is -2.27. The minimum absolute atomic E-state index is 0.470. The average Bonchev–Trinajstić information content (AvgIpc) is 2.87. The first-order chi connectivity index (χ1) is 5.84. The number of rotatable bonds is 3. The van der Waals surface area contributed by atoms with Gasteiger partial charge in [0.05, 0.1) is 0 Å². The first-order valence-electron chi connectivity index (χ1n) is 5.09. The van der Waals surface area contributed by atoms with E-state index >= 15 is 0 Å². The van der Waals surface area contributed by atoms with E-state index in [1.54, 1.807) is 0 Å². The molecule has 2 saturated carbocycles. The first-order valence-corrected chi connectivity index (χ1v) is 5.09. The van der Waals surface area contributed by atoms with Crippen molar-refractivity contribution in [3.05, 3.63) is 0 Å². The minimum Gasteiger partial charge on any atom is -0.314 e. The standard InChI is InChI=1S/C10H17NO/c12-10-5-1-8(2-6-10)7-11-9-3-4-9/h8-9,11H,1-7H2. The maximum Gasteiger partial charge on any atom is 0.132 e. The molecule has 0 unspecified atom stereocenters. The van der Waals surface area contributed by atoms with Crippen molar-refractivity contribution < 1.29 is 4.79 Å². The molecule has 0 aromatic rings. The van der Waals surface area contributed by atoms with Crippen molar-refractivity contribution >= 4 is 5.78 Å². The van der Waals surface area contributed by atoms with Crippen LogP contribution in [0.1, 0.15) is 38.5 Å².